The summed E-state index contributed by atoms with van der Waals surface area (Å²) in [6.45, 7) is 7.86. The summed E-state index contributed by atoms with van der Waals surface area (Å²) >= 11 is 0. The van der Waals surface area contributed by atoms with E-state index in [1.54, 1.807) is 6.92 Å². The lowest BCUT2D eigenvalue weighted by molar-refractivity contribution is -0.143. The van der Waals surface area contributed by atoms with Gasteiger partial charge in [-0.25, -0.2) is 0 Å². The number of nitrogens with one attached hydrogen (secondary N) is 1. The predicted molar refractivity (Wildman–Crippen MR) is 97.6 cm³/mol. The van der Waals surface area contributed by atoms with Crippen molar-refractivity contribution < 1.29 is 26.3 Å². The molecule has 1 saturated heterocycles. The Morgan fingerprint density at radius 2 is 1.44 bits per heavy atom. The Hall–Kier alpha value is -0.960. The van der Waals surface area contributed by atoms with Crippen molar-refractivity contribution in [2.24, 2.45) is 0 Å². The van der Waals surface area contributed by atoms with E-state index in [0.29, 0.717) is 38.2 Å². The molecule has 1 N–H and O–H groups in total. The van der Waals surface area contributed by atoms with Crippen LogP contribution >= 0.6 is 24.8 Å². The summed E-state index contributed by atoms with van der Waals surface area (Å²) in [5.41, 5.74) is -1.83. The van der Waals surface area contributed by atoms with Crippen LogP contribution in [0.25, 0.3) is 0 Å². The largest absolute Gasteiger partial charge is 0.416 e. The summed E-state index contributed by atoms with van der Waals surface area (Å²) in [5.74, 6) is 0. The van der Waals surface area contributed by atoms with E-state index in [4.69, 9.17) is 0 Å². The minimum absolute atomic E-state index is 0. The lowest BCUT2D eigenvalue weighted by Crippen LogP contribution is -2.45. The van der Waals surface area contributed by atoms with Crippen LogP contribution < -0.4 is 5.32 Å². The predicted octanol–water partition coefficient (Wildman–Crippen LogP) is 5.48. The van der Waals surface area contributed by atoms with Crippen molar-refractivity contribution in [2.45, 2.75) is 31.7 Å². The number of hydrogen-bond donors (Lipinski definition) is 1. The second-order valence-electron chi connectivity index (χ2n) is 6.30. The number of benzene rings is 1. The van der Waals surface area contributed by atoms with Crippen LogP contribution in [0.3, 0.4) is 0 Å². The molecule has 1 aromatic rings. The van der Waals surface area contributed by atoms with Crippen molar-refractivity contribution in [3.63, 3.8) is 0 Å². The van der Waals surface area contributed by atoms with Gasteiger partial charge in [-0.15, -0.1) is 31.4 Å². The molecule has 0 spiro atoms. The second kappa shape index (κ2) is 10.0. The van der Waals surface area contributed by atoms with Crippen LogP contribution in [0.4, 0.5) is 26.3 Å². The molecule has 0 amide bonds. The van der Waals surface area contributed by atoms with Crippen molar-refractivity contribution >= 4 is 24.8 Å². The first-order valence-corrected chi connectivity index (χ1v) is 7.87. The van der Waals surface area contributed by atoms with Gasteiger partial charge in [0.1, 0.15) is 0 Å². The van der Waals surface area contributed by atoms with Crippen molar-refractivity contribution in [3.05, 3.63) is 47.0 Å². The minimum Gasteiger partial charge on any atom is -0.314 e. The van der Waals surface area contributed by atoms with Crippen LogP contribution in [0.5, 0.6) is 0 Å². The van der Waals surface area contributed by atoms with Gasteiger partial charge in [0.15, 0.2) is 0 Å². The number of rotatable bonds is 4. The van der Waals surface area contributed by atoms with Gasteiger partial charge in [-0.2, -0.15) is 26.3 Å². The summed E-state index contributed by atoms with van der Waals surface area (Å²) in [6.07, 6.45) is -9.38. The molecular weight excluding hydrogens is 417 g/mol. The average Bonchev–Trinajstić information content (AvgIpc) is 2.51. The Kier molecular flexibility index (Phi) is 9.64. The average molecular weight is 439 g/mol. The third kappa shape index (κ3) is 7.18. The molecule has 0 bridgehead atoms. The van der Waals surface area contributed by atoms with Gasteiger partial charge in [0, 0.05) is 32.2 Å². The van der Waals surface area contributed by atoms with E-state index in [1.807, 2.05) is 4.90 Å². The van der Waals surface area contributed by atoms with Crippen molar-refractivity contribution in [1.29, 1.82) is 0 Å². The number of piperazine rings is 1. The molecule has 27 heavy (non-hydrogen) atoms. The molecular formula is C17H22Cl2F6N2. The van der Waals surface area contributed by atoms with Gasteiger partial charge in [-0.1, -0.05) is 5.57 Å². The van der Waals surface area contributed by atoms with Gasteiger partial charge >= 0.3 is 12.4 Å². The van der Waals surface area contributed by atoms with Crippen molar-refractivity contribution in [3.8, 4) is 0 Å². The fourth-order valence-corrected chi connectivity index (χ4v) is 2.95. The molecule has 1 atom stereocenters. The zero-order valence-electron chi connectivity index (χ0n) is 14.6. The Morgan fingerprint density at radius 1 is 1.00 bits per heavy atom. The second-order valence-corrected chi connectivity index (χ2v) is 6.30. The van der Waals surface area contributed by atoms with Gasteiger partial charge in [-0.05, 0) is 37.1 Å². The summed E-state index contributed by atoms with van der Waals surface area (Å²) < 4.78 is 78.6. The Bertz CT molecular complexity index is 593. The van der Waals surface area contributed by atoms with E-state index in [9.17, 15) is 26.3 Å². The standard InChI is InChI=1S/C17H20F6N2.2ClH/c1-11(2)7-15(25-5-3-24-4-6-25)12-8-13(16(18,19)20)10-14(9-12)17(21,22)23;;/h8-10,15,24H,1,3-7H2,2H3;2*1H/t15-;;/m0../s1. The van der Waals surface area contributed by atoms with Crippen LogP contribution in [-0.4, -0.2) is 31.1 Å². The molecule has 1 aliphatic rings. The van der Waals surface area contributed by atoms with E-state index < -0.39 is 29.5 Å². The van der Waals surface area contributed by atoms with Crippen molar-refractivity contribution in [2.75, 3.05) is 26.2 Å². The van der Waals surface area contributed by atoms with Gasteiger partial charge in [0.25, 0.3) is 0 Å². The lowest BCUT2D eigenvalue weighted by Gasteiger charge is -2.36. The maximum Gasteiger partial charge on any atom is 0.416 e. The third-order valence-corrected chi connectivity index (χ3v) is 4.13. The minimum atomic E-state index is -4.84. The number of nitrogens with zero attached hydrogens (tertiary/aromatic N) is 1. The first kappa shape index (κ1) is 26.0. The van der Waals surface area contributed by atoms with E-state index in [1.165, 1.54) is 0 Å². The van der Waals surface area contributed by atoms with Gasteiger partial charge in [0.2, 0.25) is 0 Å². The fourth-order valence-electron chi connectivity index (χ4n) is 2.95. The Morgan fingerprint density at radius 3 is 1.81 bits per heavy atom. The summed E-state index contributed by atoms with van der Waals surface area (Å²) in [5, 5.41) is 3.12. The highest BCUT2D eigenvalue weighted by Gasteiger charge is 2.38. The molecule has 0 saturated carbocycles. The van der Waals surface area contributed by atoms with Crippen LogP contribution in [0.1, 0.15) is 36.1 Å². The Balaban J connectivity index is 0.00000338. The lowest BCUT2D eigenvalue weighted by atomic mass is 9.94. The van der Waals surface area contributed by atoms with E-state index in [0.717, 1.165) is 12.1 Å². The van der Waals surface area contributed by atoms with Gasteiger partial charge in [0.05, 0.1) is 11.1 Å². The van der Waals surface area contributed by atoms with Crippen LogP contribution in [0.15, 0.2) is 30.4 Å². The highest BCUT2D eigenvalue weighted by molar-refractivity contribution is 5.85. The van der Waals surface area contributed by atoms with Crippen molar-refractivity contribution in [1.82, 2.24) is 10.2 Å². The van der Waals surface area contributed by atoms with Crippen LogP contribution in [0, 0.1) is 0 Å². The molecule has 0 unspecified atom stereocenters. The molecule has 2 rings (SSSR count). The zero-order valence-corrected chi connectivity index (χ0v) is 16.2. The first-order chi connectivity index (χ1) is 11.5. The first-order valence-electron chi connectivity index (χ1n) is 7.87. The normalized spacial score (nSPS) is 16.9. The SMILES string of the molecule is C=C(C)C[C@@H](c1cc(C(F)(F)F)cc(C(F)(F)F)c1)N1CCNCC1.Cl.Cl. The molecule has 0 aliphatic carbocycles. The molecule has 10 heteroatoms. The number of hydrogen-bond acceptors (Lipinski definition) is 2. The van der Waals surface area contributed by atoms with Gasteiger partial charge < -0.3 is 5.32 Å². The van der Waals surface area contributed by atoms with Gasteiger partial charge in [-0.3, -0.25) is 4.90 Å². The highest BCUT2D eigenvalue weighted by Crippen LogP contribution is 2.39. The number of alkyl halides is 6. The molecule has 0 aromatic heterocycles. The summed E-state index contributed by atoms with van der Waals surface area (Å²) in [6, 6.07) is 1.25. The molecule has 1 aliphatic heterocycles. The molecule has 1 heterocycles. The smallest absolute Gasteiger partial charge is 0.314 e. The monoisotopic (exact) mass is 438 g/mol. The molecule has 0 radical (unpaired) electrons. The van der Waals surface area contributed by atoms with E-state index in [-0.39, 0.29) is 36.4 Å². The summed E-state index contributed by atoms with van der Waals surface area (Å²) in [4.78, 5) is 1.90. The quantitative estimate of drug-likeness (QED) is 0.494. The molecule has 156 valence electrons. The number of halogens is 8. The molecule has 2 nitrogen and oxygen atoms in total. The fraction of sp³-hybridized carbons (Fsp3) is 0.529. The molecule has 1 aromatic carbocycles. The van der Waals surface area contributed by atoms with E-state index >= 15 is 0 Å². The zero-order chi connectivity index (χ0) is 18.8. The maximum absolute atomic E-state index is 13.1. The highest BCUT2D eigenvalue weighted by atomic mass is 35.5. The van der Waals surface area contributed by atoms with Crippen LogP contribution in [0.2, 0.25) is 0 Å². The Labute approximate surface area is 166 Å². The van der Waals surface area contributed by atoms with Crippen LogP contribution in [-0.2, 0) is 12.4 Å². The summed E-state index contributed by atoms with van der Waals surface area (Å²) in [7, 11) is 0. The molecule has 1 fully saturated rings. The van der Waals surface area contributed by atoms with E-state index in [2.05, 4.69) is 11.9 Å². The third-order valence-electron chi connectivity index (χ3n) is 4.13. The maximum atomic E-state index is 13.1. The topological polar surface area (TPSA) is 15.3 Å².